The third-order valence-electron chi connectivity index (χ3n) is 2.82. The van der Waals surface area contributed by atoms with E-state index in [9.17, 15) is 4.79 Å². The van der Waals surface area contributed by atoms with E-state index in [4.69, 9.17) is 4.74 Å². The number of nitrogens with one attached hydrogen (secondary N) is 1. The van der Waals surface area contributed by atoms with Crippen molar-refractivity contribution in [1.29, 1.82) is 0 Å². The summed E-state index contributed by atoms with van der Waals surface area (Å²) in [5.41, 5.74) is 0.537. The fourth-order valence-corrected chi connectivity index (χ4v) is 2.16. The molecule has 106 valence electrons. The molecule has 1 aromatic carbocycles. The second-order valence-corrected chi connectivity index (χ2v) is 5.14. The molecule has 0 saturated heterocycles. The van der Waals surface area contributed by atoms with Gasteiger partial charge in [0.15, 0.2) is 0 Å². The number of hydrogen-bond donors (Lipinski definition) is 1. The summed E-state index contributed by atoms with van der Waals surface area (Å²) < 4.78 is 7.93. The lowest BCUT2D eigenvalue weighted by molar-refractivity contribution is 0.0949. The van der Waals surface area contributed by atoms with Crippen LogP contribution in [0.15, 0.2) is 41.1 Å². The zero-order valence-electron chi connectivity index (χ0n) is 11.2. The number of nitrogens with zero attached hydrogens (tertiary/aromatic N) is 2. The van der Waals surface area contributed by atoms with Gasteiger partial charge in [-0.1, -0.05) is 15.9 Å². The SMILES string of the molecule is COc1cc(Br)ccc1C(=O)NCCCn1cccn1. The van der Waals surface area contributed by atoms with Crippen LogP contribution in [0.25, 0.3) is 0 Å². The number of carbonyl (C=O) groups is 1. The van der Waals surface area contributed by atoms with E-state index in [2.05, 4.69) is 26.3 Å². The molecule has 0 bridgehead atoms. The Hall–Kier alpha value is -1.82. The number of rotatable bonds is 6. The van der Waals surface area contributed by atoms with Crippen molar-refractivity contribution < 1.29 is 9.53 Å². The van der Waals surface area contributed by atoms with Gasteiger partial charge in [0, 0.05) is 30.0 Å². The molecule has 1 heterocycles. The van der Waals surface area contributed by atoms with Gasteiger partial charge in [0.25, 0.3) is 5.91 Å². The van der Waals surface area contributed by atoms with Crippen molar-refractivity contribution >= 4 is 21.8 Å². The second kappa shape index (κ2) is 7.09. The summed E-state index contributed by atoms with van der Waals surface area (Å²) in [6.07, 6.45) is 4.47. The second-order valence-electron chi connectivity index (χ2n) is 4.22. The average molecular weight is 338 g/mol. The number of methoxy groups -OCH3 is 1. The van der Waals surface area contributed by atoms with Crippen molar-refractivity contribution in [2.24, 2.45) is 0 Å². The minimum Gasteiger partial charge on any atom is -0.496 e. The average Bonchev–Trinajstić information content (AvgIpc) is 2.96. The van der Waals surface area contributed by atoms with Gasteiger partial charge in [0.1, 0.15) is 5.75 Å². The molecule has 5 nitrogen and oxygen atoms in total. The number of benzene rings is 1. The number of ether oxygens (including phenoxy) is 1. The molecule has 0 spiro atoms. The molecule has 0 aliphatic rings. The van der Waals surface area contributed by atoms with Crippen molar-refractivity contribution in [2.75, 3.05) is 13.7 Å². The number of halogens is 1. The molecule has 1 amide bonds. The van der Waals surface area contributed by atoms with Crippen LogP contribution < -0.4 is 10.1 Å². The van der Waals surface area contributed by atoms with E-state index in [1.807, 2.05) is 23.0 Å². The van der Waals surface area contributed by atoms with E-state index in [0.717, 1.165) is 17.4 Å². The maximum Gasteiger partial charge on any atom is 0.255 e. The number of aryl methyl sites for hydroxylation is 1. The number of hydrogen-bond acceptors (Lipinski definition) is 3. The minimum atomic E-state index is -0.130. The van der Waals surface area contributed by atoms with E-state index in [-0.39, 0.29) is 5.91 Å². The van der Waals surface area contributed by atoms with Crippen molar-refractivity contribution in [1.82, 2.24) is 15.1 Å². The molecule has 0 aliphatic carbocycles. The molecule has 6 heteroatoms. The summed E-state index contributed by atoms with van der Waals surface area (Å²) in [5.74, 6) is 0.429. The summed E-state index contributed by atoms with van der Waals surface area (Å²) in [6.45, 7) is 1.38. The third kappa shape index (κ3) is 3.84. The summed E-state index contributed by atoms with van der Waals surface area (Å²) in [4.78, 5) is 12.1. The van der Waals surface area contributed by atoms with Gasteiger partial charge in [-0.25, -0.2) is 0 Å². The van der Waals surface area contributed by atoms with Crippen LogP contribution in [0.1, 0.15) is 16.8 Å². The lowest BCUT2D eigenvalue weighted by atomic mass is 10.2. The first-order valence-electron chi connectivity index (χ1n) is 6.30. The van der Waals surface area contributed by atoms with Crippen molar-refractivity contribution in [3.05, 3.63) is 46.7 Å². The Bertz CT molecular complexity index is 570. The Labute approximate surface area is 126 Å². The fourth-order valence-electron chi connectivity index (χ4n) is 1.82. The number of amides is 1. The highest BCUT2D eigenvalue weighted by Gasteiger charge is 2.11. The fraction of sp³-hybridized carbons (Fsp3) is 0.286. The first-order valence-corrected chi connectivity index (χ1v) is 7.09. The van der Waals surface area contributed by atoms with Gasteiger partial charge in [-0.2, -0.15) is 5.10 Å². The molecule has 0 unspecified atom stereocenters. The molecule has 2 rings (SSSR count). The zero-order chi connectivity index (χ0) is 14.4. The van der Waals surface area contributed by atoms with Gasteiger partial charge < -0.3 is 10.1 Å². The van der Waals surface area contributed by atoms with Gasteiger partial charge in [-0.05, 0) is 30.7 Å². The van der Waals surface area contributed by atoms with Crippen LogP contribution >= 0.6 is 15.9 Å². The first-order chi connectivity index (χ1) is 9.70. The van der Waals surface area contributed by atoms with E-state index in [1.54, 1.807) is 25.4 Å². The molecular weight excluding hydrogens is 322 g/mol. The Morgan fingerprint density at radius 3 is 3.05 bits per heavy atom. The maximum absolute atomic E-state index is 12.1. The predicted octanol–water partition coefficient (Wildman–Crippen LogP) is 2.47. The molecule has 20 heavy (non-hydrogen) atoms. The standard InChI is InChI=1S/C14H16BrN3O2/c1-20-13-10-11(15)4-5-12(13)14(19)16-6-2-8-18-9-3-7-17-18/h3-5,7,9-10H,2,6,8H2,1H3,(H,16,19). The van der Waals surface area contributed by atoms with Gasteiger partial charge >= 0.3 is 0 Å². The van der Waals surface area contributed by atoms with Gasteiger partial charge in [-0.3, -0.25) is 9.48 Å². The van der Waals surface area contributed by atoms with Crippen LogP contribution in [0, 0.1) is 0 Å². The lowest BCUT2D eigenvalue weighted by Crippen LogP contribution is -2.25. The van der Waals surface area contributed by atoms with Gasteiger partial charge in [-0.15, -0.1) is 0 Å². The van der Waals surface area contributed by atoms with Crippen LogP contribution in [0.5, 0.6) is 5.75 Å². The Balaban J connectivity index is 1.85. The maximum atomic E-state index is 12.1. The lowest BCUT2D eigenvalue weighted by Gasteiger charge is -2.09. The monoisotopic (exact) mass is 337 g/mol. The summed E-state index contributed by atoms with van der Waals surface area (Å²) in [5, 5.41) is 6.99. The highest BCUT2D eigenvalue weighted by atomic mass is 79.9. The number of aromatic nitrogens is 2. The van der Waals surface area contributed by atoms with Crippen LogP contribution in [0.2, 0.25) is 0 Å². The molecule has 0 radical (unpaired) electrons. The first kappa shape index (κ1) is 14.6. The van der Waals surface area contributed by atoms with Crippen molar-refractivity contribution in [3.8, 4) is 5.75 Å². The molecule has 2 aromatic rings. The molecule has 1 N–H and O–H groups in total. The molecule has 1 aromatic heterocycles. The number of carbonyl (C=O) groups excluding carboxylic acids is 1. The normalized spacial score (nSPS) is 10.3. The topological polar surface area (TPSA) is 56.1 Å². The molecular formula is C14H16BrN3O2. The van der Waals surface area contributed by atoms with Gasteiger partial charge in [0.2, 0.25) is 0 Å². The highest BCUT2D eigenvalue weighted by molar-refractivity contribution is 9.10. The van der Waals surface area contributed by atoms with Crippen molar-refractivity contribution in [3.63, 3.8) is 0 Å². The van der Waals surface area contributed by atoms with E-state index in [1.165, 1.54) is 0 Å². The van der Waals surface area contributed by atoms with Crippen LogP contribution in [-0.2, 0) is 6.54 Å². The Kier molecular flexibility index (Phi) is 5.17. The highest BCUT2D eigenvalue weighted by Crippen LogP contribution is 2.23. The smallest absolute Gasteiger partial charge is 0.255 e. The van der Waals surface area contributed by atoms with Crippen molar-refractivity contribution in [2.45, 2.75) is 13.0 Å². The van der Waals surface area contributed by atoms with Gasteiger partial charge in [0.05, 0.1) is 12.7 Å². The van der Waals surface area contributed by atoms with Crippen LogP contribution in [-0.4, -0.2) is 29.3 Å². The van der Waals surface area contributed by atoms with Crippen LogP contribution in [0.3, 0.4) is 0 Å². The zero-order valence-corrected chi connectivity index (χ0v) is 12.8. The molecule has 0 atom stereocenters. The molecule has 0 aliphatic heterocycles. The summed E-state index contributed by atoms with van der Waals surface area (Å²) >= 11 is 3.35. The Morgan fingerprint density at radius 1 is 1.50 bits per heavy atom. The predicted molar refractivity (Wildman–Crippen MR) is 79.9 cm³/mol. The summed E-state index contributed by atoms with van der Waals surface area (Å²) in [7, 11) is 1.55. The molecule has 0 fully saturated rings. The Morgan fingerprint density at radius 2 is 2.35 bits per heavy atom. The quantitative estimate of drug-likeness (QED) is 0.824. The molecule has 0 saturated carbocycles. The third-order valence-corrected chi connectivity index (χ3v) is 3.31. The van der Waals surface area contributed by atoms with E-state index >= 15 is 0 Å². The van der Waals surface area contributed by atoms with E-state index in [0.29, 0.717) is 17.9 Å². The minimum absolute atomic E-state index is 0.130. The van der Waals surface area contributed by atoms with E-state index < -0.39 is 0 Å². The summed E-state index contributed by atoms with van der Waals surface area (Å²) in [6, 6.07) is 7.22. The van der Waals surface area contributed by atoms with Crippen LogP contribution in [0.4, 0.5) is 0 Å². The largest absolute Gasteiger partial charge is 0.496 e.